The first kappa shape index (κ1) is 15.2. The number of ether oxygens (including phenoxy) is 1. The standard InChI is InChI=1S/C12H15F3O2S/c1-8-3-4-10(9(2)16)11(7-8)17-5-6-18-12(13,14)15/h3-4,7,9,16H,5-6H2,1-2H3. The molecule has 0 saturated heterocycles. The van der Waals surface area contributed by atoms with Crippen LogP contribution in [-0.4, -0.2) is 23.0 Å². The smallest absolute Gasteiger partial charge is 0.441 e. The zero-order valence-corrected chi connectivity index (χ0v) is 10.9. The first-order valence-corrected chi connectivity index (χ1v) is 6.40. The Morgan fingerprint density at radius 2 is 2.06 bits per heavy atom. The van der Waals surface area contributed by atoms with Crippen LogP contribution >= 0.6 is 11.8 Å². The van der Waals surface area contributed by atoms with Gasteiger partial charge in [0.15, 0.2) is 0 Å². The van der Waals surface area contributed by atoms with Crippen LogP contribution in [0.15, 0.2) is 18.2 Å². The van der Waals surface area contributed by atoms with Gasteiger partial charge in [0.25, 0.3) is 0 Å². The third-order valence-corrected chi connectivity index (χ3v) is 2.92. The van der Waals surface area contributed by atoms with Crippen molar-refractivity contribution >= 4 is 11.8 Å². The molecule has 1 unspecified atom stereocenters. The van der Waals surface area contributed by atoms with E-state index in [-0.39, 0.29) is 24.1 Å². The van der Waals surface area contributed by atoms with Gasteiger partial charge in [0.05, 0.1) is 12.7 Å². The molecule has 0 aromatic heterocycles. The van der Waals surface area contributed by atoms with Crippen LogP contribution in [0.25, 0.3) is 0 Å². The Balaban J connectivity index is 2.58. The minimum Gasteiger partial charge on any atom is -0.492 e. The van der Waals surface area contributed by atoms with Crippen molar-refractivity contribution in [2.24, 2.45) is 0 Å². The molecule has 1 aromatic carbocycles. The van der Waals surface area contributed by atoms with E-state index in [1.54, 1.807) is 19.1 Å². The van der Waals surface area contributed by atoms with Gasteiger partial charge in [-0.1, -0.05) is 12.1 Å². The molecule has 0 fully saturated rings. The fourth-order valence-corrected chi connectivity index (χ4v) is 1.82. The summed E-state index contributed by atoms with van der Waals surface area (Å²) >= 11 is -0.116. The van der Waals surface area contributed by atoms with Crippen molar-refractivity contribution in [3.05, 3.63) is 29.3 Å². The van der Waals surface area contributed by atoms with Gasteiger partial charge in [-0.15, -0.1) is 0 Å². The lowest BCUT2D eigenvalue weighted by atomic mass is 10.1. The highest BCUT2D eigenvalue weighted by molar-refractivity contribution is 8.00. The summed E-state index contributed by atoms with van der Waals surface area (Å²) in [5.41, 5.74) is -2.72. The SMILES string of the molecule is Cc1ccc(C(C)O)c(OCCSC(F)(F)F)c1. The predicted molar refractivity (Wildman–Crippen MR) is 65.8 cm³/mol. The molecular weight excluding hydrogens is 265 g/mol. The number of halogens is 3. The molecule has 1 atom stereocenters. The van der Waals surface area contributed by atoms with Crippen molar-refractivity contribution in [1.29, 1.82) is 0 Å². The number of rotatable bonds is 5. The fourth-order valence-electron chi connectivity index (χ4n) is 1.42. The quantitative estimate of drug-likeness (QED) is 0.834. The predicted octanol–water partition coefficient (Wildman–Crippen LogP) is 3.68. The van der Waals surface area contributed by atoms with E-state index < -0.39 is 11.6 Å². The number of hydrogen-bond donors (Lipinski definition) is 1. The van der Waals surface area contributed by atoms with Gasteiger partial charge in [0, 0.05) is 11.3 Å². The normalized spacial score (nSPS) is 13.4. The van der Waals surface area contributed by atoms with Gasteiger partial charge < -0.3 is 9.84 Å². The van der Waals surface area contributed by atoms with Crippen molar-refractivity contribution in [3.63, 3.8) is 0 Å². The molecule has 0 amide bonds. The third kappa shape index (κ3) is 5.18. The summed E-state index contributed by atoms with van der Waals surface area (Å²) in [6.45, 7) is 3.39. The summed E-state index contributed by atoms with van der Waals surface area (Å²) in [6.07, 6.45) is -0.712. The second-order valence-electron chi connectivity index (χ2n) is 3.86. The molecule has 0 radical (unpaired) electrons. The third-order valence-electron chi connectivity index (χ3n) is 2.23. The molecule has 18 heavy (non-hydrogen) atoms. The van der Waals surface area contributed by atoms with E-state index in [2.05, 4.69) is 0 Å². The van der Waals surface area contributed by atoms with Crippen molar-refractivity contribution in [2.45, 2.75) is 25.5 Å². The van der Waals surface area contributed by atoms with Crippen LogP contribution in [0.3, 0.4) is 0 Å². The Morgan fingerprint density at radius 1 is 1.39 bits per heavy atom. The van der Waals surface area contributed by atoms with E-state index in [1.807, 2.05) is 13.0 Å². The molecule has 0 aliphatic carbocycles. The molecule has 102 valence electrons. The zero-order chi connectivity index (χ0) is 13.8. The van der Waals surface area contributed by atoms with Crippen LogP contribution in [0.5, 0.6) is 5.75 Å². The summed E-state index contributed by atoms with van der Waals surface area (Å²) in [5.74, 6) is 0.268. The van der Waals surface area contributed by atoms with E-state index in [0.29, 0.717) is 11.3 Å². The molecule has 0 spiro atoms. The van der Waals surface area contributed by atoms with Crippen LogP contribution in [0.2, 0.25) is 0 Å². The first-order chi connectivity index (χ1) is 8.29. The van der Waals surface area contributed by atoms with Gasteiger partial charge in [0.2, 0.25) is 0 Å². The summed E-state index contributed by atoms with van der Waals surface area (Å²) in [6, 6.07) is 5.24. The molecule has 1 N–H and O–H groups in total. The topological polar surface area (TPSA) is 29.5 Å². The van der Waals surface area contributed by atoms with E-state index >= 15 is 0 Å². The Morgan fingerprint density at radius 3 is 2.61 bits per heavy atom. The van der Waals surface area contributed by atoms with E-state index in [9.17, 15) is 18.3 Å². The average Bonchev–Trinajstić information content (AvgIpc) is 2.22. The molecule has 0 bridgehead atoms. The Kier molecular flexibility index (Phi) is 5.34. The minimum absolute atomic E-state index is 0.0483. The Hall–Kier alpha value is -0.880. The number of hydrogen-bond acceptors (Lipinski definition) is 3. The van der Waals surface area contributed by atoms with Crippen LogP contribution in [0.1, 0.15) is 24.2 Å². The highest BCUT2D eigenvalue weighted by atomic mass is 32.2. The second kappa shape index (κ2) is 6.33. The van der Waals surface area contributed by atoms with Gasteiger partial charge in [-0.2, -0.15) is 13.2 Å². The van der Waals surface area contributed by atoms with E-state index in [4.69, 9.17) is 4.74 Å². The van der Waals surface area contributed by atoms with Crippen LogP contribution in [0.4, 0.5) is 13.2 Å². The van der Waals surface area contributed by atoms with Crippen LogP contribution in [0, 0.1) is 6.92 Å². The number of aliphatic hydroxyl groups excluding tert-OH is 1. The highest BCUT2D eigenvalue weighted by Crippen LogP contribution is 2.30. The maximum Gasteiger partial charge on any atom is 0.441 e. The lowest BCUT2D eigenvalue weighted by Crippen LogP contribution is -2.09. The van der Waals surface area contributed by atoms with Crippen LogP contribution in [-0.2, 0) is 0 Å². The van der Waals surface area contributed by atoms with Gasteiger partial charge in [-0.3, -0.25) is 0 Å². The maximum atomic E-state index is 11.9. The number of aliphatic hydroxyl groups is 1. The Labute approximate surface area is 108 Å². The zero-order valence-electron chi connectivity index (χ0n) is 10.1. The second-order valence-corrected chi connectivity index (χ2v) is 5.02. The average molecular weight is 280 g/mol. The molecular formula is C12H15F3O2S. The largest absolute Gasteiger partial charge is 0.492 e. The maximum absolute atomic E-state index is 11.9. The summed E-state index contributed by atoms with van der Waals surface area (Å²) < 4.78 is 41.1. The number of alkyl halides is 3. The van der Waals surface area contributed by atoms with Crippen molar-refractivity contribution in [2.75, 3.05) is 12.4 Å². The summed E-state index contributed by atoms with van der Waals surface area (Å²) in [7, 11) is 0. The molecule has 0 aliphatic heterocycles. The van der Waals surface area contributed by atoms with Crippen molar-refractivity contribution < 1.29 is 23.0 Å². The lowest BCUT2D eigenvalue weighted by Gasteiger charge is -2.14. The molecule has 0 aliphatic rings. The summed E-state index contributed by atoms with van der Waals surface area (Å²) in [4.78, 5) is 0. The Bertz CT molecular complexity index is 391. The number of thioether (sulfide) groups is 1. The van der Waals surface area contributed by atoms with Gasteiger partial charge in [-0.25, -0.2) is 0 Å². The fraction of sp³-hybridized carbons (Fsp3) is 0.500. The molecule has 1 rings (SSSR count). The van der Waals surface area contributed by atoms with Gasteiger partial charge >= 0.3 is 5.51 Å². The first-order valence-electron chi connectivity index (χ1n) is 5.41. The molecule has 0 heterocycles. The van der Waals surface area contributed by atoms with Crippen molar-refractivity contribution in [1.82, 2.24) is 0 Å². The lowest BCUT2D eigenvalue weighted by molar-refractivity contribution is -0.0329. The monoisotopic (exact) mass is 280 g/mol. The van der Waals surface area contributed by atoms with E-state index in [1.165, 1.54) is 0 Å². The molecule has 1 aromatic rings. The minimum atomic E-state index is -4.23. The summed E-state index contributed by atoms with van der Waals surface area (Å²) in [5, 5.41) is 9.52. The number of aryl methyl sites for hydroxylation is 1. The molecule has 2 nitrogen and oxygen atoms in total. The van der Waals surface area contributed by atoms with Crippen molar-refractivity contribution in [3.8, 4) is 5.75 Å². The van der Waals surface area contributed by atoms with Gasteiger partial charge in [-0.05, 0) is 37.2 Å². The molecule has 6 heteroatoms. The highest BCUT2D eigenvalue weighted by Gasteiger charge is 2.27. The number of benzene rings is 1. The van der Waals surface area contributed by atoms with E-state index in [0.717, 1.165) is 5.56 Å². The molecule has 0 saturated carbocycles. The van der Waals surface area contributed by atoms with Gasteiger partial charge in [0.1, 0.15) is 5.75 Å². The van der Waals surface area contributed by atoms with Crippen LogP contribution < -0.4 is 4.74 Å².